The predicted molar refractivity (Wildman–Crippen MR) is 97.7 cm³/mol. The van der Waals surface area contributed by atoms with Crippen molar-refractivity contribution in [2.45, 2.75) is 45.4 Å². The summed E-state index contributed by atoms with van der Waals surface area (Å²) in [7, 11) is 0. The van der Waals surface area contributed by atoms with E-state index in [2.05, 4.69) is 6.92 Å². The van der Waals surface area contributed by atoms with E-state index in [1.54, 1.807) is 6.07 Å². The second-order valence-corrected chi connectivity index (χ2v) is 6.14. The van der Waals surface area contributed by atoms with E-state index in [9.17, 15) is 9.18 Å². The molecule has 0 saturated carbocycles. The molecule has 0 saturated heterocycles. The fraction of sp³-hybridized carbons (Fsp3) is 0.381. The van der Waals surface area contributed by atoms with Crippen LogP contribution in [0.2, 0.25) is 0 Å². The van der Waals surface area contributed by atoms with E-state index in [4.69, 9.17) is 9.84 Å². The van der Waals surface area contributed by atoms with Crippen molar-refractivity contribution in [3.63, 3.8) is 0 Å². The smallest absolute Gasteiger partial charge is 0.338 e. The summed E-state index contributed by atoms with van der Waals surface area (Å²) in [5.41, 5.74) is 1.15. The van der Waals surface area contributed by atoms with Gasteiger partial charge in [-0.25, -0.2) is 9.18 Å². The van der Waals surface area contributed by atoms with Gasteiger partial charge in [-0.15, -0.1) is 0 Å². The molecule has 0 heterocycles. The summed E-state index contributed by atoms with van der Waals surface area (Å²) >= 11 is 0. The van der Waals surface area contributed by atoms with Crippen LogP contribution < -0.4 is 4.74 Å². The normalized spacial score (nSPS) is 10.6. The van der Waals surface area contributed by atoms with Crippen LogP contribution in [0.25, 0.3) is 11.1 Å². The van der Waals surface area contributed by atoms with Gasteiger partial charge in [-0.2, -0.15) is 0 Å². The van der Waals surface area contributed by atoms with Gasteiger partial charge in [0, 0.05) is 0 Å². The first-order valence-electron chi connectivity index (χ1n) is 8.88. The summed E-state index contributed by atoms with van der Waals surface area (Å²) in [6.45, 7) is 2.91. The number of ether oxygens (including phenoxy) is 1. The summed E-state index contributed by atoms with van der Waals surface area (Å²) in [6, 6.07) is 11.6. The van der Waals surface area contributed by atoms with Gasteiger partial charge < -0.3 is 9.84 Å². The number of carboxylic acids is 1. The Morgan fingerprint density at radius 3 is 2.24 bits per heavy atom. The van der Waals surface area contributed by atoms with Crippen LogP contribution in [0.5, 0.6) is 5.75 Å². The number of unbranched alkanes of at least 4 members (excludes halogenated alkanes) is 5. The third-order valence-electron chi connectivity index (χ3n) is 4.15. The van der Waals surface area contributed by atoms with Gasteiger partial charge >= 0.3 is 5.97 Å². The number of rotatable bonds is 10. The SMILES string of the molecule is CCCCCCCCOc1ccc(-c2ccc(C(=O)O)c(F)c2)cc1. The Bertz CT molecular complexity index is 680. The minimum atomic E-state index is -1.26. The second-order valence-electron chi connectivity index (χ2n) is 6.14. The van der Waals surface area contributed by atoms with Crippen molar-refractivity contribution in [2.75, 3.05) is 6.61 Å². The van der Waals surface area contributed by atoms with Crippen LogP contribution in [0.3, 0.4) is 0 Å². The molecule has 0 aliphatic rings. The highest BCUT2D eigenvalue weighted by atomic mass is 19.1. The Morgan fingerprint density at radius 2 is 1.60 bits per heavy atom. The van der Waals surface area contributed by atoms with Crippen LogP contribution in [0, 0.1) is 5.82 Å². The van der Waals surface area contributed by atoms with E-state index in [0.717, 1.165) is 17.7 Å². The number of benzene rings is 2. The summed E-state index contributed by atoms with van der Waals surface area (Å²) in [5, 5.41) is 8.87. The highest BCUT2D eigenvalue weighted by Gasteiger charge is 2.11. The standard InChI is InChI=1S/C21H25FO3/c1-2-3-4-5-6-7-14-25-18-11-8-16(9-12-18)17-10-13-19(21(23)24)20(22)15-17/h8-13,15H,2-7,14H2,1H3,(H,23,24). The molecule has 0 aliphatic carbocycles. The molecule has 0 amide bonds. The number of hydrogen-bond acceptors (Lipinski definition) is 2. The number of hydrogen-bond donors (Lipinski definition) is 1. The van der Waals surface area contributed by atoms with Gasteiger partial charge in [0.05, 0.1) is 12.2 Å². The first-order valence-corrected chi connectivity index (χ1v) is 8.88. The van der Waals surface area contributed by atoms with Crippen molar-refractivity contribution >= 4 is 5.97 Å². The maximum Gasteiger partial charge on any atom is 0.338 e. The van der Waals surface area contributed by atoms with Crippen molar-refractivity contribution in [2.24, 2.45) is 0 Å². The number of halogens is 1. The van der Waals surface area contributed by atoms with Gasteiger partial charge in [-0.3, -0.25) is 0 Å². The molecule has 2 rings (SSSR count). The van der Waals surface area contributed by atoms with Crippen LogP contribution in [-0.2, 0) is 0 Å². The monoisotopic (exact) mass is 344 g/mol. The first-order chi connectivity index (χ1) is 12.1. The van der Waals surface area contributed by atoms with Gasteiger partial charge in [-0.1, -0.05) is 57.2 Å². The van der Waals surface area contributed by atoms with Gasteiger partial charge in [0.25, 0.3) is 0 Å². The lowest BCUT2D eigenvalue weighted by Crippen LogP contribution is -2.00. The van der Waals surface area contributed by atoms with Crippen molar-refractivity contribution in [3.05, 3.63) is 53.8 Å². The topological polar surface area (TPSA) is 46.5 Å². The average Bonchev–Trinajstić information content (AvgIpc) is 2.61. The molecule has 0 spiro atoms. The Kier molecular flexibility index (Phi) is 7.45. The predicted octanol–water partition coefficient (Wildman–Crippen LogP) is 5.93. The Morgan fingerprint density at radius 1 is 0.960 bits per heavy atom. The summed E-state index contributed by atoms with van der Waals surface area (Å²) in [6.07, 6.45) is 7.35. The van der Waals surface area contributed by atoms with Crippen molar-refractivity contribution in [3.8, 4) is 16.9 Å². The molecular formula is C21H25FO3. The quantitative estimate of drug-likeness (QED) is 0.543. The van der Waals surface area contributed by atoms with Crippen LogP contribution in [-0.4, -0.2) is 17.7 Å². The van der Waals surface area contributed by atoms with Crippen LogP contribution >= 0.6 is 0 Å². The molecule has 134 valence electrons. The minimum Gasteiger partial charge on any atom is -0.494 e. The first kappa shape index (κ1) is 19.0. The van der Waals surface area contributed by atoms with Crippen LogP contribution in [0.4, 0.5) is 4.39 Å². The van der Waals surface area contributed by atoms with E-state index in [0.29, 0.717) is 12.2 Å². The van der Waals surface area contributed by atoms with Crippen molar-refractivity contribution in [1.29, 1.82) is 0 Å². The fourth-order valence-corrected chi connectivity index (χ4v) is 2.68. The maximum atomic E-state index is 13.8. The zero-order valence-corrected chi connectivity index (χ0v) is 14.6. The lowest BCUT2D eigenvalue weighted by atomic mass is 10.0. The van der Waals surface area contributed by atoms with Gasteiger partial charge in [-0.05, 0) is 41.8 Å². The Balaban J connectivity index is 1.85. The van der Waals surface area contributed by atoms with Gasteiger partial charge in [0.15, 0.2) is 0 Å². The second kappa shape index (κ2) is 9.82. The number of carboxylic acid groups (broad SMARTS) is 1. The van der Waals surface area contributed by atoms with E-state index in [1.807, 2.05) is 24.3 Å². The lowest BCUT2D eigenvalue weighted by molar-refractivity contribution is 0.0692. The van der Waals surface area contributed by atoms with E-state index >= 15 is 0 Å². The molecule has 25 heavy (non-hydrogen) atoms. The molecule has 0 aromatic heterocycles. The van der Waals surface area contributed by atoms with Crippen molar-refractivity contribution in [1.82, 2.24) is 0 Å². The molecule has 0 fully saturated rings. The lowest BCUT2D eigenvalue weighted by Gasteiger charge is -2.08. The summed E-state index contributed by atoms with van der Waals surface area (Å²) < 4.78 is 19.5. The third kappa shape index (κ3) is 5.89. The highest BCUT2D eigenvalue weighted by Crippen LogP contribution is 2.24. The fourth-order valence-electron chi connectivity index (χ4n) is 2.68. The zero-order chi connectivity index (χ0) is 18.1. The van der Waals surface area contributed by atoms with E-state index < -0.39 is 11.8 Å². The molecule has 2 aromatic rings. The number of carbonyl (C=O) groups is 1. The molecule has 0 bridgehead atoms. The third-order valence-corrected chi connectivity index (χ3v) is 4.15. The van der Waals surface area contributed by atoms with Gasteiger partial charge in [0.1, 0.15) is 11.6 Å². The summed E-state index contributed by atoms with van der Waals surface area (Å²) in [5.74, 6) is -1.20. The molecule has 2 aromatic carbocycles. The number of aromatic carboxylic acids is 1. The van der Waals surface area contributed by atoms with Crippen LogP contribution in [0.1, 0.15) is 55.8 Å². The summed E-state index contributed by atoms with van der Waals surface area (Å²) in [4.78, 5) is 10.9. The maximum absolute atomic E-state index is 13.8. The van der Waals surface area contributed by atoms with Gasteiger partial charge in [0.2, 0.25) is 0 Å². The Hall–Kier alpha value is -2.36. The molecule has 1 N–H and O–H groups in total. The molecule has 0 aliphatic heterocycles. The van der Waals surface area contributed by atoms with E-state index in [-0.39, 0.29) is 5.56 Å². The molecule has 0 radical (unpaired) electrons. The highest BCUT2D eigenvalue weighted by molar-refractivity contribution is 5.88. The molecule has 3 nitrogen and oxygen atoms in total. The zero-order valence-electron chi connectivity index (χ0n) is 14.6. The van der Waals surface area contributed by atoms with E-state index in [1.165, 1.54) is 44.2 Å². The largest absolute Gasteiger partial charge is 0.494 e. The molecule has 0 atom stereocenters. The average molecular weight is 344 g/mol. The molecule has 4 heteroatoms. The molecular weight excluding hydrogens is 319 g/mol. The minimum absolute atomic E-state index is 0.317. The Labute approximate surface area is 148 Å². The van der Waals surface area contributed by atoms with Crippen LogP contribution in [0.15, 0.2) is 42.5 Å². The van der Waals surface area contributed by atoms with Crippen molar-refractivity contribution < 1.29 is 19.0 Å². The molecule has 0 unspecified atom stereocenters.